The van der Waals surface area contributed by atoms with Crippen molar-refractivity contribution in [3.8, 4) is 5.75 Å². The fourth-order valence-electron chi connectivity index (χ4n) is 2.54. The van der Waals surface area contributed by atoms with E-state index < -0.39 is 0 Å². The molecular formula is C17H25NO2S. The van der Waals surface area contributed by atoms with E-state index in [2.05, 4.69) is 18.7 Å². The molecule has 1 aromatic carbocycles. The maximum absolute atomic E-state index is 12.5. The second-order valence-corrected chi connectivity index (χ2v) is 8.06. The fraction of sp³-hybridized carbons (Fsp3) is 0.588. The molecule has 4 heteroatoms. The minimum absolute atomic E-state index is 0.150. The summed E-state index contributed by atoms with van der Waals surface area (Å²) in [5, 5.41) is 0. The molecule has 0 aromatic heterocycles. The fourth-order valence-corrected chi connectivity index (χ4v) is 3.68. The minimum atomic E-state index is 0.150. The van der Waals surface area contributed by atoms with Gasteiger partial charge in [-0.05, 0) is 37.6 Å². The van der Waals surface area contributed by atoms with Crippen LogP contribution in [0.4, 0.5) is 0 Å². The number of hydrogen-bond donors (Lipinski definition) is 0. The first-order valence-corrected chi connectivity index (χ1v) is 8.44. The molecule has 1 saturated heterocycles. The summed E-state index contributed by atoms with van der Waals surface area (Å²) in [6, 6.07) is 5.78. The van der Waals surface area contributed by atoms with Gasteiger partial charge >= 0.3 is 0 Å². The summed E-state index contributed by atoms with van der Waals surface area (Å²) in [5.74, 6) is 1.92. The molecular weight excluding hydrogens is 282 g/mol. The van der Waals surface area contributed by atoms with Crippen LogP contribution >= 0.6 is 11.8 Å². The molecule has 1 heterocycles. The molecule has 116 valence electrons. The van der Waals surface area contributed by atoms with Crippen molar-refractivity contribution in [2.75, 3.05) is 32.5 Å². The van der Waals surface area contributed by atoms with Crippen molar-refractivity contribution >= 4 is 17.5 Å². The Morgan fingerprint density at radius 1 is 1.38 bits per heavy atom. The van der Waals surface area contributed by atoms with Gasteiger partial charge in [0.1, 0.15) is 5.75 Å². The van der Waals surface area contributed by atoms with Crippen LogP contribution < -0.4 is 4.74 Å². The van der Waals surface area contributed by atoms with Crippen LogP contribution in [0, 0.1) is 6.92 Å². The first-order chi connectivity index (χ1) is 9.91. The summed E-state index contributed by atoms with van der Waals surface area (Å²) in [6.45, 7) is 9.02. The third kappa shape index (κ3) is 4.48. The van der Waals surface area contributed by atoms with Gasteiger partial charge in [-0.15, -0.1) is 0 Å². The number of ether oxygens (including phenoxy) is 1. The number of thioether (sulfide) groups is 1. The number of rotatable bonds is 4. The Morgan fingerprint density at radius 2 is 2.14 bits per heavy atom. The average Bonchev–Trinajstić information content (AvgIpc) is 2.60. The van der Waals surface area contributed by atoms with E-state index in [1.165, 1.54) is 0 Å². The van der Waals surface area contributed by atoms with Crippen LogP contribution in [0.15, 0.2) is 18.2 Å². The molecule has 0 spiro atoms. The second kappa shape index (κ2) is 6.84. The molecule has 21 heavy (non-hydrogen) atoms. The Kier molecular flexibility index (Phi) is 5.33. The van der Waals surface area contributed by atoms with E-state index in [1.54, 1.807) is 7.11 Å². The monoisotopic (exact) mass is 307 g/mol. The van der Waals surface area contributed by atoms with Crippen LogP contribution in [0.3, 0.4) is 0 Å². The zero-order valence-electron chi connectivity index (χ0n) is 13.4. The quantitative estimate of drug-likeness (QED) is 0.797. The van der Waals surface area contributed by atoms with Crippen molar-refractivity contribution in [2.45, 2.75) is 31.9 Å². The molecule has 0 atom stereocenters. The first kappa shape index (κ1) is 16.4. The highest BCUT2D eigenvalue weighted by molar-refractivity contribution is 8.00. The topological polar surface area (TPSA) is 29.5 Å². The van der Waals surface area contributed by atoms with E-state index in [1.807, 2.05) is 36.9 Å². The lowest BCUT2D eigenvalue weighted by molar-refractivity contribution is 0.0931. The molecule has 3 nitrogen and oxygen atoms in total. The Labute approximate surface area is 132 Å². The maximum atomic E-state index is 12.5. The van der Waals surface area contributed by atoms with Crippen molar-refractivity contribution in [3.05, 3.63) is 29.3 Å². The molecule has 1 aliphatic heterocycles. The van der Waals surface area contributed by atoms with E-state index >= 15 is 0 Å². The molecule has 0 N–H and O–H groups in total. The van der Waals surface area contributed by atoms with E-state index in [4.69, 9.17) is 4.74 Å². The third-order valence-corrected chi connectivity index (χ3v) is 5.33. The zero-order chi connectivity index (χ0) is 15.5. The first-order valence-electron chi connectivity index (χ1n) is 7.45. The number of ketones is 1. The largest absolute Gasteiger partial charge is 0.496 e. The van der Waals surface area contributed by atoms with Gasteiger partial charge in [-0.25, -0.2) is 0 Å². The standard InChI is InChI=1S/C17H25NO2S/c1-13-5-6-14(16(11-13)20-4)15(19)12-18-8-7-17(2,3)21-10-9-18/h5-6,11H,7-10,12H2,1-4H3. The molecule has 1 aromatic rings. The highest BCUT2D eigenvalue weighted by atomic mass is 32.2. The lowest BCUT2D eigenvalue weighted by atomic mass is 10.1. The lowest BCUT2D eigenvalue weighted by Gasteiger charge is -2.22. The maximum Gasteiger partial charge on any atom is 0.180 e. The number of benzene rings is 1. The third-order valence-electron chi connectivity index (χ3n) is 3.96. The summed E-state index contributed by atoms with van der Waals surface area (Å²) in [7, 11) is 1.62. The van der Waals surface area contributed by atoms with Gasteiger partial charge in [-0.3, -0.25) is 9.69 Å². The van der Waals surface area contributed by atoms with E-state index in [0.29, 0.717) is 22.6 Å². The summed E-state index contributed by atoms with van der Waals surface area (Å²) in [5.41, 5.74) is 1.80. The molecule has 1 aliphatic rings. The number of Topliss-reactive ketones (excluding diaryl/α,β-unsaturated/α-hetero) is 1. The van der Waals surface area contributed by atoms with E-state index in [9.17, 15) is 4.79 Å². The predicted octanol–water partition coefficient (Wildman–Crippen LogP) is 3.40. The van der Waals surface area contributed by atoms with Gasteiger partial charge in [-0.2, -0.15) is 11.8 Å². The van der Waals surface area contributed by atoms with Crippen molar-refractivity contribution in [3.63, 3.8) is 0 Å². The number of hydrogen-bond acceptors (Lipinski definition) is 4. The second-order valence-electron chi connectivity index (χ2n) is 6.26. The van der Waals surface area contributed by atoms with Gasteiger partial charge in [0.25, 0.3) is 0 Å². The Hall–Kier alpha value is -1.00. The number of nitrogens with zero attached hydrogens (tertiary/aromatic N) is 1. The van der Waals surface area contributed by atoms with Crippen molar-refractivity contribution < 1.29 is 9.53 Å². The summed E-state index contributed by atoms with van der Waals surface area (Å²) < 4.78 is 5.67. The Morgan fingerprint density at radius 3 is 2.86 bits per heavy atom. The van der Waals surface area contributed by atoms with Gasteiger partial charge in [0.05, 0.1) is 19.2 Å². The molecule has 0 amide bonds. The highest BCUT2D eigenvalue weighted by Crippen LogP contribution is 2.30. The zero-order valence-corrected chi connectivity index (χ0v) is 14.3. The van der Waals surface area contributed by atoms with Crippen LogP contribution in [0.2, 0.25) is 0 Å². The molecule has 0 unspecified atom stereocenters. The van der Waals surface area contributed by atoms with Gasteiger partial charge in [-0.1, -0.05) is 19.9 Å². The van der Waals surface area contributed by atoms with Crippen LogP contribution in [-0.4, -0.2) is 47.9 Å². The van der Waals surface area contributed by atoms with Crippen molar-refractivity contribution in [2.24, 2.45) is 0 Å². The van der Waals surface area contributed by atoms with E-state index in [-0.39, 0.29) is 5.78 Å². The summed E-state index contributed by atoms with van der Waals surface area (Å²) in [4.78, 5) is 14.8. The minimum Gasteiger partial charge on any atom is -0.496 e. The molecule has 0 bridgehead atoms. The van der Waals surface area contributed by atoms with Crippen LogP contribution in [-0.2, 0) is 0 Å². The molecule has 2 rings (SSSR count). The van der Waals surface area contributed by atoms with Gasteiger partial charge in [0.2, 0.25) is 0 Å². The van der Waals surface area contributed by atoms with Crippen molar-refractivity contribution in [1.29, 1.82) is 0 Å². The van der Waals surface area contributed by atoms with Gasteiger partial charge in [0.15, 0.2) is 5.78 Å². The summed E-state index contributed by atoms with van der Waals surface area (Å²) >= 11 is 2.00. The molecule has 0 saturated carbocycles. The number of carbonyl (C=O) groups excluding carboxylic acids is 1. The van der Waals surface area contributed by atoms with Crippen LogP contribution in [0.1, 0.15) is 36.2 Å². The smallest absolute Gasteiger partial charge is 0.180 e. The van der Waals surface area contributed by atoms with E-state index in [0.717, 1.165) is 30.8 Å². The Bertz CT molecular complexity index is 514. The van der Waals surface area contributed by atoms with Gasteiger partial charge < -0.3 is 4.74 Å². The van der Waals surface area contributed by atoms with Crippen LogP contribution in [0.5, 0.6) is 5.75 Å². The molecule has 1 fully saturated rings. The molecule has 0 aliphatic carbocycles. The average molecular weight is 307 g/mol. The lowest BCUT2D eigenvalue weighted by Crippen LogP contribution is -2.32. The number of methoxy groups -OCH3 is 1. The number of carbonyl (C=O) groups is 1. The normalized spacial score (nSPS) is 19.0. The predicted molar refractivity (Wildman–Crippen MR) is 89.7 cm³/mol. The molecule has 0 radical (unpaired) electrons. The van der Waals surface area contributed by atoms with Crippen LogP contribution in [0.25, 0.3) is 0 Å². The number of aryl methyl sites for hydroxylation is 1. The van der Waals surface area contributed by atoms with Crippen molar-refractivity contribution in [1.82, 2.24) is 4.90 Å². The Balaban J connectivity index is 2.04. The highest BCUT2D eigenvalue weighted by Gasteiger charge is 2.25. The SMILES string of the molecule is COc1cc(C)ccc1C(=O)CN1CCSC(C)(C)CC1. The summed E-state index contributed by atoms with van der Waals surface area (Å²) in [6.07, 6.45) is 1.12. The van der Waals surface area contributed by atoms with Gasteiger partial charge in [0, 0.05) is 17.0 Å².